The molecule has 0 heterocycles. The fourth-order valence-corrected chi connectivity index (χ4v) is 2.56. The van der Waals surface area contributed by atoms with E-state index >= 15 is 0 Å². The molecular formula is C17H24ClFN2O2. The molecule has 0 bridgehead atoms. The van der Waals surface area contributed by atoms with Gasteiger partial charge >= 0.3 is 0 Å². The summed E-state index contributed by atoms with van der Waals surface area (Å²) in [5.74, 6) is -0.724. The normalized spacial score (nSPS) is 10.5. The van der Waals surface area contributed by atoms with Crippen molar-refractivity contribution < 1.29 is 14.0 Å². The van der Waals surface area contributed by atoms with Gasteiger partial charge < -0.3 is 9.80 Å². The minimum absolute atomic E-state index is 0.0214. The van der Waals surface area contributed by atoms with E-state index in [2.05, 4.69) is 0 Å². The maximum Gasteiger partial charge on any atom is 0.224 e. The standard InChI is InChI=1S/C17H24ClFN2O2/c1-4-9-20(10-5-2)17(23)8-11-21(13(3)22)14-6-7-16(19)15(18)12-14/h6-7,12H,4-5,8-11H2,1-3H3. The van der Waals surface area contributed by atoms with Crippen molar-refractivity contribution in [1.82, 2.24) is 4.90 Å². The Morgan fingerprint density at radius 1 is 1.13 bits per heavy atom. The molecule has 0 unspecified atom stereocenters. The Hall–Kier alpha value is -1.62. The fourth-order valence-electron chi connectivity index (χ4n) is 2.39. The molecule has 0 aliphatic carbocycles. The minimum Gasteiger partial charge on any atom is -0.343 e. The Morgan fingerprint density at radius 2 is 1.74 bits per heavy atom. The Labute approximate surface area is 142 Å². The third-order valence-electron chi connectivity index (χ3n) is 3.48. The van der Waals surface area contributed by atoms with Gasteiger partial charge in [0.15, 0.2) is 0 Å². The molecule has 0 saturated heterocycles. The molecule has 2 amide bonds. The Bertz CT molecular complexity index is 545. The highest BCUT2D eigenvalue weighted by molar-refractivity contribution is 6.31. The van der Waals surface area contributed by atoms with Crippen LogP contribution in [0.1, 0.15) is 40.0 Å². The molecule has 0 aromatic heterocycles. The SMILES string of the molecule is CCCN(CCC)C(=O)CCN(C(C)=O)c1ccc(F)c(Cl)c1. The predicted octanol–water partition coefficient (Wildman–Crippen LogP) is 3.87. The highest BCUT2D eigenvalue weighted by atomic mass is 35.5. The first kappa shape index (κ1) is 19.4. The van der Waals surface area contributed by atoms with Crippen LogP contribution in [0.3, 0.4) is 0 Å². The van der Waals surface area contributed by atoms with E-state index in [1.807, 2.05) is 18.7 Å². The second kappa shape index (κ2) is 9.50. The summed E-state index contributed by atoms with van der Waals surface area (Å²) in [6, 6.07) is 4.11. The first-order chi connectivity index (χ1) is 10.9. The molecule has 1 rings (SSSR count). The summed E-state index contributed by atoms with van der Waals surface area (Å²) in [4.78, 5) is 27.4. The van der Waals surface area contributed by atoms with Crippen molar-refractivity contribution in [3.8, 4) is 0 Å². The van der Waals surface area contributed by atoms with Gasteiger partial charge in [0.05, 0.1) is 5.02 Å². The second-order valence-corrected chi connectivity index (χ2v) is 5.81. The van der Waals surface area contributed by atoms with E-state index in [9.17, 15) is 14.0 Å². The third kappa shape index (κ3) is 5.82. The number of carbonyl (C=O) groups excluding carboxylic acids is 2. The van der Waals surface area contributed by atoms with Crippen LogP contribution in [0.25, 0.3) is 0 Å². The van der Waals surface area contributed by atoms with Crippen molar-refractivity contribution in [3.63, 3.8) is 0 Å². The van der Waals surface area contributed by atoms with Gasteiger partial charge in [0, 0.05) is 38.7 Å². The van der Waals surface area contributed by atoms with Crippen molar-refractivity contribution in [2.45, 2.75) is 40.0 Å². The molecule has 0 N–H and O–H groups in total. The van der Waals surface area contributed by atoms with Gasteiger partial charge in [-0.05, 0) is 31.0 Å². The number of hydrogen-bond donors (Lipinski definition) is 0. The Balaban J connectivity index is 2.78. The Morgan fingerprint density at radius 3 is 2.22 bits per heavy atom. The van der Waals surface area contributed by atoms with E-state index in [1.165, 1.54) is 30.0 Å². The van der Waals surface area contributed by atoms with E-state index in [-0.39, 0.29) is 29.8 Å². The molecule has 6 heteroatoms. The summed E-state index contributed by atoms with van der Waals surface area (Å²) in [6.07, 6.45) is 2.03. The summed E-state index contributed by atoms with van der Waals surface area (Å²) in [5.41, 5.74) is 0.495. The largest absolute Gasteiger partial charge is 0.343 e. The average molecular weight is 343 g/mol. The lowest BCUT2D eigenvalue weighted by Crippen LogP contribution is -2.37. The van der Waals surface area contributed by atoms with Crippen LogP contribution in [-0.2, 0) is 9.59 Å². The number of halogens is 2. The lowest BCUT2D eigenvalue weighted by molar-refractivity contribution is -0.131. The number of amides is 2. The highest BCUT2D eigenvalue weighted by Gasteiger charge is 2.17. The van der Waals surface area contributed by atoms with Crippen molar-refractivity contribution >= 4 is 29.1 Å². The molecule has 4 nitrogen and oxygen atoms in total. The second-order valence-electron chi connectivity index (χ2n) is 5.40. The number of carbonyl (C=O) groups is 2. The molecular weight excluding hydrogens is 319 g/mol. The van der Waals surface area contributed by atoms with Gasteiger partial charge in [-0.2, -0.15) is 0 Å². The molecule has 0 radical (unpaired) electrons. The zero-order valence-electron chi connectivity index (χ0n) is 13.9. The lowest BCUT2D eigenvalue weighted by atomic mass is 10.2. The van der Waals surface area contributed by atoms with Crippen LogP contribution in [0.5, 0.6) is 0 Å². The van der Waals surface area contributed by atoms with Crippen molar-refractivity contribution in [2.24, 2.45) is 0 Å². The summed E-state index contributed by atoms with van der Waals surface area (Å²) in [7, 11) is 0. The van der Waals surface area contributed by atoms with Gasteiger partial charge in [-0.25, -0.2) is 4.39 Å². The van der Waals surface area contributed by atoms with Crippen LogP contribution in [-0.4, -0.2) is 36.3 Å². The number of nitrogens with zero attached hydrogens (tertiary/aromatic N) is 2. The van der Waals surface area contributed by atoms with Gasteiger partial charge in [-0.3, -0.25) is 9.59 Å². The number of benzene rings is 1. The predicted molar refractivity (Wildman–Crippen MR) is 91.2 cm³/mol. The average Bonchev–Trinajstić information content (AvgIpc) is 2.50. The molecule has 0 aliphatic heterocycles. The summed E-state index contributed by atoms with van der Waals surface area (Å²) in [5, 5.41) is -0.0429. The maximum atomic E-state index is 13.3. The third-order valence-corrected chi connectivity index (χ3v) is 3.77. The van der Waals surface area contributed by atoms with E-state index in [4.69, 9.17) is 11.6 Å². The van der Waals surface area contributed by atoms with Gasteiger partial charge in [0.1, 0.15) is 5.82 Å². The van der Waals surface area contributed by atoms with Gasteiger partial charge in [-0.1, -0.05) is 25.4 Å². The van der Waals surface area contributed by atoms with E-state index < -0.39 is 5.82 Å². The van der Waals surface area contributed by atoms with Crippen LogP contribution in [0, 0.1) is 5.82 Å². The van der Waals surface area contributed by atoms with E-state index in [0.29, 0.717) is 5.69 Å². The molecule has 0 fully saturated rings. The summed E-state index contributed by atoms with van der Waals surface area (Å²) >= 11 is 5.77. The lowest BCUT2D eigenvalue weighted by Gasteiger charge is -2.25. The molecule has 0 atom stereocenters. The number of anilines is 1. The van der Waals surface area contributed by atoms with Gasteiger partial charge in [0.2, 0.25) is 11.8 Å². The number of hydrogen-bond acceptors (Lipinski definition) is 2. The van der Waals surface area contributed by atoms with Crippen LogP contribution in [0.4, 0.5) is 10.1 Å². The smallest absolute Gasteiger partial charge is 0.224 e. The van der Waals surface area contributed by atoms with Crippen LogP contribution < -0.4 is 4.90 Å². The molecule has 0 spiro atoms. The number of rotatable bonds is 8. The molecule has 1 aromatic carbocycles. The van der Waals surface area contributed by atoms with Crippen LogP contribution in [0.15, 0.2) is 18.2 Å². The maximum absolute atomic E-state index is 13.3. The zero-order valence-corrected chi connectivity index (χ0v) is 14.7. The summed E-state index contributed by atoms with van der Waals surface area (Å²) < 4.78 is 13.3. The minimum atomic E-state index is -0.535. The van der Waals surface area contributed by atoms with Crippen LogP contribution >= 0.6 is 11.6 Å². The monoisotopic (exact) mass is 342 g/mol. The van der Waals surface area contributed by atoms with Crippen molar-refractivity contribution in [3.05, 3.63) is 29.0 Å². The fraction of sp³-hybridized carbons (Fsp3) is 0.529. The van der Waals surface area contributed by atoms with Gasteiger partial charge in [-0.15, -0.1) is 0 Å². The first-order valence-corrected chi connectivity index (χ1v) is 8.29. The topological polar surface area (TPSA) is 40.6 Å². The summed E-state index contributed by atoms with van der Waals surface area (Å²) in [6.45, 7) is 7.15. The molecule has 128 valence electrons. The van der Waals surface area contributed by atoms with Crippen molar-refractivity contribution in [1.29, 1.82) is 0 Å². The van der Waals surface area contributed by atoms with Crippen LogP contribution in [0.2, 0.25) is 5.02 Å². The first-order valence-electron chi connectivity index (χ1n) is 7.91. The zero-order chi connectivity index (χ0) is 17.4. The molecule has 1 aromatic rings. The van der Waals surface area contributed by atoms with Gasteiger partial charge in [0.25, 0.3) is 0 Å². The van der Waals surface area contributed by atoms with E-state index in [0.717, 1.165) is 25.9 Å². The molecule has 0 saturated carbocycles. The molecule has 23 heavy (non-hydrogen) atoms. The van der Waals surface area contributed by atoms with E-state index in [1.54, 1.807) is 0 Å². The molecule has 0 aliphatic rings. The Kier molecular flexibility index (Phi) is 8.03. The van der Waals surface area contributed by atoms with Crippen molar-refractivity contribution in [2.75, 3.05) is 24.5 Å². The highest BCUT2D eigenvalue weighted by Crippen LogP contribution is 2.23. The quantitative estimate of drug-likeness (QED) is 0.719.